The second-order valence-corrected chi connectivity index (χ2v) is 5.70. The Morgan fingerprint density at radius 3 is 2.00 bits per heavy atom. The van der Waals surface area contributed by atoms with Gasteiger partial charge in [-0.1, -0.05) is 0 Å². The van der Waals surface area contributed by atoms with Crippen molar-refractivity contribution in [2.75, 3.05) is 27.4 Å². The van der Waals surface area contributed by atoms with Crippen molar-refractivity contribution >= 4 is 0 Å². The highest BCUT2D eigenvalue weighted by Gasteiger charge is 2.12. The molecule has 0 unspecified atom stereocenters. The van der Waals surface area contributed by atoms with Crippen LogP contribution in [0.25, 0.3) is 0 Å². The summed E-state index contributed by atoms with van der Waals surface area (Å²) in [4.78, 5) is 0. The van der Waals surface area contributed by atoms with Gasteiger partial charge in [-0.2, -0.15) is 0 Å². The zero-order chi connectivity index (χ0) is 17.5. The zero-order valence-electron chi connectivity index (χ0n) is 15.1. The Balaban J connectivity index is 1.85. The summed E-state index contributed by atoms with van der Waals surface area (Å²) in [6, 6.07) is 9.62. The highest BCUT2D eigenvalue weighted by atomic mass is 16.5. The van der Waals surface area contributed by atoms with Gasteiger partial charge in [0.25, 0.3) is 0 Å². The Morgan fingerprint density at radius 2 is 1.38 bits per heavy atom. The van der Waals surface area contributed by atoms with E-state index >= 15 is 0 Å². The molecule has 0 radical (unpaired) electrons. The van der Waals surface area contributed by atoms with E-state index in [9.17, 15) is 0 Å². The van der Waals surface area contributed by atoms with Crippen LogP contribution >= 0.6 is 0 Å². The molecule has 24 heavy (non-hydrogen) atoms. The van der Waals surface area contributed by atoms with Crippen LogP contribution in [0.2, 0.25) is 0 Å². The summed E-state index contributed by atoms with van der Waals surface area (Å²) in [5.41, 5.74) is 3.36. The maximum absolute atomic E-state index is 5.99. The molecule has 4 nitrogen and oxygen atoms in total. The summed E-state index contributed by atoms with van der Waals surface area (Å²) in [6.07, 6.45) is 0.807. The second kappa shape index (κ2) is 8.48. The van der Waals surface area contributed by atoms with Crippen molar-refractivity contribution in [2.45, 2.75) is 27.2 Å². The van der Waals surface area contributed by atoms with Crippen molar-refractivity contribution in [1.29, 1.82) is 0 Å². The van der Waals surface area contributed by atoms with Gasteiger partial charge in [-0.25, -0.2) is 0 Å². The number of rotatable bonds is 8. The van der Waals surface area contributed by atoms with E-state index in [-0.39, 0.29) is 0 Å². The van der Waals surface area contributed by atoms with Gasteiger partial charge in [0.1, 0.15) is 23.0 Å². The van der Waals surface area contributed by atoms with Crippen molar-refractivity contribution in [3.63, 3.8) is 0 Å². The van der Waals surface area contributed by atoms with Crippen molar-refractivity contribution in [3.8, 4) is 23.0 Å². The molecule has 0 atom stereocenters. The average molecular weight is 330 g/mol. The Bertz CT molecular complexity index is 662. The fourth-order valence-electron chi connectivity index (χ4n) is 2.51. The van der Waals surface area contributed by atoms with E-state index in [2.05, 4.69) is 13.8 Å². The average Bonchev–Trinajstić information content (AvgIpc) is 2.61. The van der Waals surface area contributed by atoms with Gasteiger partial charge in [-0.3, -0.25) is 0 Å². The van der Waals surface area contributed by atoms with Gasteiger partial charge >= 0.3 is 0 Å². The SMILES string of the molecule is COc1ccc(OCCCOc2c(C)c(C)cc(OC)c2C)cc1. The van der Waals surface area contributed by atoms with Crippen LogP contribution in [0.3, 0.4) is 0 Å². The zero-order valence-corrected chi connectivity index (χ0v) is 15.1. The molecule has 130 valence electrons. The van der Waals surface area contributed by atoms with Crippen molar-refractivity contribution in [2.24, 2.45) is 0 Å². The van der Waals surface area contributed by atoms with Gasteiger partial charge in [-0.15, -0.1) is 0 Å². The van der Waals surface area contributed by atoms with E-state index in [0.29, 0.717) is 13.2 Å². The predicted molar refractivity (Wildman–Crippen MR) is 95.8 cm³/mol. The summed E-state index contributed by atoms with van der Waals surface area (Å²) in [5.74, 6) is 3.43. The van der Waals surface area contributed by atoms with Crippen LogP contribution in [-0.4, -0.2) is 27.4 Å². The lowest BCUT2D eigenvalue weighted by atomic mass is 10.0. The summed E-state index contributed by atoms with van der Waals surface area (Å²) < 4.78 is 22.2. The minimum absolute atomic E-state index is 0.602. The van der Waals surface area contributed by atoms with E-state index in [1.54, 1.807) is 14.2 Å². The third-order valence-electron chi connectivity index (χ3n) is 4.07. The normalized spacial score (nSPS) is 10.4. The van der Waals surface area contributed by atoms with Crippen LogP contribution in [0.5, 0.6) is 23.0 Å². The summed E-state index contributed by atoms with van der Waals surface area (Å²) in [5, 5.41) is 0. The lowest BCUT2D eigenvalue weighted by Gasteiger charge is -2.17. The van der Waals surface area contributed by atoms with E-state index in [4.69, 9.17) is 18.9 Å². The largest absolute Gasteiger partial charge is 0.497 e. The molecule has 0 aliphatic heterocycles. The predicted octanol–water partition coefficient (Wildman–Crippen LogP) is 4.48. The Hall–Kier alpha value is -2.36. The van der Waals surface area contributed by atoms with Crippen LogP contribution in [0.15, 0.2) is 30.3 Å². The Morgan fingerprint density at radius 1 is 0.750 bits per heavy atom. The van der Waals surface area contributed by atoms with Gasteiger partial charge in [-0.05, 0) is 62.2 Å². The van der Waals surface area contributed by atoms with Gasteiger partial charge in [0.15, 0.2) is 0 Å². The lowest BCUT2D eigenvalue weighted by molar-refractivity contribution is 0.244. The maximum Gasteiger partial charge on any atom is 0.129 e. The molecular formula is C20H26O4. The highest BCUT2D eigenvalue weighted by Crippen LogP contribution is 2.33. The molecule has 0 aliphatic carbocycles. The first-order valence-corrected chi connectivity index (χ1v) is 8.11. The molecule has 4 heteroatoms. The fraction of sp³-hybridized carbons (Fsp3) is 0.400. The standard InChI is InChI=1S/C20H26O4/c1-14-13-19(22-5)16(3)20(15(14)2)24-12-6-11-23-18-9-7-17(21-4)8-10-18/h7-10,13H,6,11-12H2,1-5H3. The van der Waals surface area contributed by atoms with Crippen molar-refractivity contribution in [3.05, 3.63) is 47.0 Å². The Labute approximate surface area is 144 Å². The number of aryl methyl sites for hydroxylation is 1. The molecule has 0 amide bonds. The molecule has 0 spiro atoms. The fourth-order valence-corrected chi connectivity index (χ4v) is 2.51. The van der Waals surface area contributed by atoms with Gasteiger partial charge in [0.05, 0.1) is 27.4 Å². The van der Waals surface area contributed by atoms with Crippen molar-refractivity contribution in [1.82, 2.24) is 0 Å². The molecule has 0 saturated heterocycles. The van der Waals surface area contributed by atoms with Gasteiger partial charge in [0, 0.05) is 12.0 Å². The number of hydrogen-bond donors (Lipinski definition) is 0. The number of hydrogen-bond acceptors (Lipinski definition) is 4. The van der Waals surface area contributed by atoms with Crippen LogP contribution in [0.1, 0.15) is 23.1 Å². The third kappa shape index (κ3) is 4.34. The molecular weight excluding hydrogens is 304 g/mol. The van der Waals surface area contributed by atoms with Crippen LogP contribution in [-0.2, 0) is 0 Å². The van der Waals surface area contributed by atoms with Crippen molar-refractivity contribution < 1.29 is 18.9 Å². The first-order chi connectivity index (χ1) is 11.6. The molecule has 0 N–H and O–H groups in total. The first-order valence-electron chi connectivity index (χ1n) is 8.11. The van der Waals surface area contributed by atoms with E-state index < -0.39 is 0 Å². The van der Waals surface area contributed by atoms with Gasteiger partial charge in [0.2, 0.25) is 0 Å². The lowest BCUT2D eigenvalue weighted by Crippen LogP contribution is -2.07. The van der Waals surface area contributed by atoms with Crippen LogP contribution < -0.4 is 18.9 Å². The molecule has 2 aromatic carbocycles. The topological polar surface area (TPSA) is 36.9 Å². The Kier molecular flexibility index (Phi) is 6.36. The van der Waals surface area contributed by atoms with Crippen LogP contribution in [0, 0.1) is 20.8 Å². The summed E-state index contributed by atoms with van der Waals surface area (Å²) in [6.45, 7) is 7.37. The molecule has 0 aliphatic rings. The highest BCUT2D eigenvalue weighted by molar-refractivity contribution is 5.52. The van der Waals surface area contributed by atoms with E-state index in [0.717, 1.165) is 40.5 Å². The molecule has 0 aromatic heterocycles. The molecule has 0 heterocycles. The van der Waals surface area contributed by atoms with E-state index in [1.807, 2.05) is 37.3 Å². The van der Waals surface area contributed by atoms with Crippen LogP contribution in [0.4, 0.5) is 0 Å². The minimum atomic E-state index is 0.602. The summed E-state index contributed by atoms with van der Waals surface area (Å²) in [7, 11) is 3.33. The first kappa shape index (κ1) is 18.0. The molecule has 2 rings (SSSR count). The summed E-state index contributed by atoms with van der Waals surface area (Å²) >= 11 is 0. The number of ether oxygens (including phenoxy) is 4. The second-order valence-electron chi connectivity index (χ2n) is 5.70. The molecule has 0 bridgehead atoms. The molecule has 0 fully saturated rings. The third-order valence-corrected chi connectivity index (χ3v) is 4.07. The van der Waals surface area contributed by atoms with Gasteiger partial charge < -0.3 is 18.9 Å². The quantitative estimate of drug-likeness (QED) is 0.669. The molecule has 0 saturated carbocycles. The number of methoxy groups -OCH3 is 2. The minimum Gasteiger partial charge on any atom is -0.497 e. The van der Waals surface area contributed by atoms with E-state index in [1.165, 1.54) is 5.56 Å². The number of benzene rings is 2. The molecule has 2 aromatic rings. The smallest absolute Gasteiger partial charge is 0.129 e. The maximum atomic E-state index is 5.99. The monoisotopic (exact) mass is 330 g/mol.